The molecular weight excluding hydrogens is 276 g/mol. The number of aliphatic imine (C=N–C) groups is 1. The van der Waals surface area contributed by atoms with Crippen LogP contribution >= 0.6 is 0 Å². The molecule has 1 atom stereocenters. The summed E-state index contributed by atoms with van der Waals surface area (Å²) in [4.78, 5) is 18.5. The summed E-state index contributed by atoms with van der Waals surface area (Å²) in [6.07, 6.45) is 0.507. The van der Waals surface area contributed by atoms with Crippen molar-refractivity contribution in [1.82, 2.24) is 0 Å². The second kappa shape index (κ2) is 4.70. The molecule has 1 amide bonds. The molecule has 0 saturated carbocycles. The molecule has 1 saturated heterocycles. The molecule has 1 fully saturated rings. The fraction of sp³-hybridized carbons (Fsp3) is 0.429. The summed E-state index contributed by atoms with van der Waals surface area (Å²) in [5.74, 6) is 0.0952. The second-order valence-corrected chi connectivity index (χ2v) is 7.33. The lowest BCUT2D eigenvalue weighted by atomic mass is 10.1. The highest BCUT2D eigenvalue weighted by Crippen LogP contribution is 2.29. The van der Waals surface area contributed by atoms with Crippen LogP contribution in [0.3, 0.4) is 0 Å². The van der Waals surface area contributed by atoms with Gasteiger partial charge in [-0.3, -0.25) is 9.79 Å². The molecule has 0 bridgehead atoms. The number of carbonyl (C=O) groups is 1. The third-order valence-corrected chi connectivity index (χ3v) is 5.48. The van der Waals surface area contributed by atoms with Crippen LogP contribution in [0.1, 0.15) is 18.9 Å². The lowest BCUT2D eigenvalue weighted by Gasteiger charge is -2.13. The number of anilines is 1. The number of fused-ring (bicyclic) bond motifs is 1. The van der Waals surface area contributed by atoms with E-state index in [0.29, 0.717) is 18.7 Å². The zero-order valence-electron chi connectivity index (χ0n) is 11.2. The minimum Gasteiger partial charge on any atom is -0.307 e. The van der Waals surface area contributed by atoms with Crippen molar-refractivity contribution >= 4 is 27.1 Å². The molecule has 2 aliphatic heterocycles. The monoisotopic (exact) mass is 292 g/mol. The minimum absolute atomic E-state index is 0.0536. The van der Waals surface area contributed by atoms with E-state index in [9.17, 15) is 13.2 Å². The molecule has 1 aromatic rings. The number of para-hydroxylation sites is 1. The number of hydrogen-bond donors (Lipinski definition) is 0. The Balaban J connectivity index is 2.00. The van der Waals surface area contributed by atoms with Crippen LogP contribution in [0.5, 0.6) is 0 Å². The highest BCUT2D eigenvalue weighted by molar-refractivity contribution is 7.91. The Morgan fingerprint density at radius 3 is 2.75 bits per heavy atom. The Morgan fingerprint density at radius 2 is 2.10 bits per heavy atom. The van der Waals surface area contributed by atoms with Gasteiger partial charge < -0.3 is 4.90 Å². The first-order chi connectivity index (χ1) is 9.52. The van der Waals surface area contributed by atoms with E-state index in [1.54, 1.807) is 4.90 Å². The average Bonchev–Trinajstić information content (AvgIpc) is 2.89. The fourth-order valence-corrected chi connectivity index (χ4v) is 4.39. The van der Waals surface area contributed by atoms with Gasteiger partial charge in [0.2, 0.25) is 0 Å². The SMILES string of the molecule is CCN1C(=O)C(=N[C@@H]2CCS(=O)(=O)C2)c2ccccc21. The summed E-state index contributed by atoms with van der Waals surface area (Å²) in [6, 6.07) is 7.23. The molecule has 2 heterocycles. The van der Waals surface area contributed by atoms with Gasteiger partial charge in [-0.1, -0.05) is 18.2 Å². The predicted octanol–water partition coefficient (Wildman–Crippen LogP) is 1.03. The molecule has 0 radical (unpaired) electrons. The lowest BCUT2D eigenvalue weighted by molar-refractivity contribution is -0.112. The lowest BCUT2D eigenvalue weighted by Crippen LogP contribution is -2.30. The molecule has 6 heteroatoms. The van der Waals surface area contributed by atoms with E-state index in [0.717, 1.165) is 11.3 Å². The zero-order valence-corrected chi connectivity index (χ0v) is 12.1. The summed E-state index contributed by atoms with van der Waals surface area (Å²) in [5.41, 5.74) is 2.08. The largest absolute Gasteiger partial charge is 0.307 e. The molecule has 0 unspecified atom stereocenters. The molecule has 0 spiro atoms. The summed E-state index contributed by atoms with van der Waals surface area (Å²) >= 11 is 0. The number of carbonyl (C=O) groups excluding carboxylic acids is 1. The van der Waals surface area contributed by atoms with Crippen molar-refractivity contribution in [3.63, 3.8) is 0 Å². The number of benzene rings is 1. The van der Waals surface area contributed by atoms with Crippen LogP contribution in [0.4, 0.5) is 5.69 Å². The van der Waals surface area contributed by atoms with Crippen LogP contribution in [0.25, 0.3) is 0 Å². The maximum absolute atomic E-state index is 12.4. The first kappa shape index (κ1) is 13.3. The van der Waals surface area contributed by atoms with Gasteiger partial charge in [0.15, 0.2) is 9.84 Å². The molecule has 3 rings (SSSR count). The third-order valence-electron chi connectivity index (χ3n) is 3.73. The van der Waals surface area contributed by atoms with Gasteiger partial charge >= 0.3 is 0 Å². The Bertz CT molecular complexity index is 694. The highest BCUT2D eigenvalue weighted by atomic mass is 32.2. The molecule has 0 aliphatic carbocycles. The summed E-state index contributed by atoms with van der Waals surface area (Å²) in [6.45, 7) is 2.50. The van der Waals surface area contributed by atoms with E-state index in [2.05, 4.69) is 4.99 Å². The van der Waals surface area contributed by atoms with Gasteiger partial charge in [-0.25, -0.2) is 8.42 Å². The van der Waals surface area contributed by atoms with E-state index in [1.807, 2.05) is 31.2 Å². The van der Waals surface area contributed by atoms with Gasteiger partial charge in [-0.2, -0.15) is 0 Å². The van der Waals surface area contributed by atoms with E-state index >= 15 is 0 Å². The van der Waals surface area contributed by atoms with Crippen LogP contribution in [0.2, 0.25) is 0 Å². The maximum Gasteiger partial charge on any atom is 0.277 e. The number of amides is 1. The smallest absolute Gasteiger partial charge is 0.277 e. The van der Waals surface area contributed by atoms with Crippen LogP contribution < -0.4 is 4.90 Å². The van der Waals surface area contributed by atoms with Gasteiger partial charge in [-0.05, 0) is 19.4 Å². The number of sulfone groups is 1. The number of likely N-dealkylation sites (N-methyl/N-ethyl adjacent to an activating group) is 1. The van der Waals surface area contributed by atoms with Crippen LogP contribution in [-0.2, 0) is 14.6 Å². The normalized spacial score (nSPS) is 26.2. The first-order valence-corrected chi connectivity index (χ1v) is 8.53. The van der Waals surface area contributed by atoms with E-state index in [1.165, 1.54) is 0 Å². The van der Waals surface area contributed by atoms with Crippen molar-refractivity contribution in [2.45, 2.75) is 19.4 Å². The summed E-state index contributed by atoms with van der Waals surface area (Å²) in [5, 5.41) is 0. The van der Waals surface area contributed by atoms with Crippen molar-refractivity contribution in [3.8, 4) is 0 Å². The van der Waals surface area contributed by atoms with E-state index < -0.39 is 9.84 Å². The molecule has 5 nitrogen and oxygen atoms in total. The Hall–Kier alpha value is -1.69. The average molecular weight is 292 g/mol. The maximum atomic E-state index is 12.4. The van der Waals surface area contributed by atoms with Crippen LogP contribution in [0, 0.1) is 0 Å². The molecule has 0 N–H and O–H groups in total. The topological polar surface area (TPSA) is 66.8 Å². The number of hydrogen-bond acceptors (Lipinski definition) is 4. The highest BCUT2D eigenvalue weighted by Gasteiger charge is 2.35. The number of rotatable bonds is 2. The van der Waals surface area contributed by atoms with Gasteiger partial charge in [-0.15, -0.1) is 0 Å². The van der Waals surface area contributed by atoms with Crippen molar-refractivity contribution < 1.29 is 13.2 Å². The molecule has 20 heavy (non-hydrogen) atoms. The van der Waals surface area contributed by atoms with Gasteiger partial charge in [0.25, 0.3) is 5.91 Å². The molecular formula is C14H16N2O3S. The van der Waals surface area contributed by atoms with Gasteiger partial charge in [0, 0.05) is 12.1 Å². The third kappa shape index (κ3) is 2.14. The summed E-state index contributed by atoms with van der Waals surface area (Å²) < 4.78 is 23.0. The number of nitrogens with zero attached hydrogens (tertiary/aromatic N) is 2. The quantitative estimate of drug-likeness (QED) is 0.817. The Kier molecular flexibility index (Phi) is 3.12. The van der Waals surface area contributed by atoms with Gasteiger partial charge in [0.05, 0.1) is 23.2 Å². The van der Waals surface area contributed by atoms with E-state index in [4.69, 9.17) is 0 Å². The molecule has 1 aromatic carbocycles. The van der Waals surface area contributed by atoms with Crippen molar-refractivity contribution in [2.75, 3.05) is 23.0 Å². The van der Waals surface area contributed by atoms with Crippen molar-refractivity contribution in [2.24, 2.45) is 4.99 Å². The second-order valence-electron chi connectivity index (χ2n) is 5.10. The van der Waals surface area contributed by atoms with E-state index in [-0.39, 0.29) is 23.5 Å². The predicted molar refractivity (Wildman–Crippen MR) is 78.1 cm³/mol. The Morgan fingerprint density at radius 1 is 1.35 bits per heavy atom. The first-order valence-electron chi connectivity index (χ1n) is 6.71. The summed E-state index contributed by atoms with van der Waals surface area (Å²) in [7, 11) is -2.98. The minimum atomic E-state index is -2.98. The standard InChI is InChI=1S/C14H16N2O3S/c1-2-16-12-6-4-3-5-11(12)13(14(16)17)15-10-7-8-20(18,19)9-10/h3-6,10H,2,7-9H2,1H3/t10-/m1/s1. The molecule has 2 aliphatic rings. The molecule has 0 aromatic heterocycles. The van der Waals surface area contributed by atoms with Crippen LogP contribution in [-0.4, -0.2) is 44.1 Å². The zero-order chi connectivity index (χ0) is 14.3. The Labute approximate surface area is 118 Å². The van der Waals surface area contributed by atoms with Crippen molar-refractivity contribution in [1.29, 1.82) is 0 Å². The van der Waals surface area contributed by atoms with Crippen LogP contribution in [0.15, 0.2) is 29.3 Å². The van der Waals surface area contributed by atoms with Gasteiger partial charge in [0.1, 0.15) is 5.71 Å². The van der Waals surface area contributed by atoms with Crippen molar-refractivity contribution in [3.05, 3.63) is 29.8 Å². The fourth-order valence-electron chi connectivity index (χ4n) is 2.76. The molecule has 106 valence electrons.